The average Bonchev–Trinajstić information content (AvgIpc) is 2.48. The Labute approximate surface area is 125 Å². The van der Waals surface area contributed by atoms with E-state index in [9.17, 15) is 19.7 Å². The van der Waals surface area contributed by atoms with Gasteiger partial charge in [0.25, 0.3) is 11.6 Å². The third kappa shape index (κ3) is 2.99. The zero-order valence-electron chi connectivity index (χ0n) is 11.7. The summed E-state index contributed by atoms with van der Waals surface area (Å²) in [6, 6.07) is 3.80. The lowest BCUT2D eigenvalue weighted by Gasteiger charge is -2.32. The Bertz CT molecular complexity index is 605. The number of nitrogens with one attached hydrogen (secondary N) is 1. The van der Waals surface area contributed by atoms with Crippen molar-refractivity contribution >= 4 is 29.3 Å². The standard InChI is InChI=1S/C13H15N3O4S/c1-8-12(17)14-5-6-15(8)13(18)10-7-9(21-2)3-4-11(10)16(19)20/h3-4,7-8H,5-6H2,1-2H3,(H,14,17). The molecule has 1 aliphatic rings. The lowest BCUT2D eigenvalue weighted by Crippen LogP contribution is -2.55. The summed E-state index contributed by atoms with van der Waals surface area (Å²) in [5.41, 5.74) is -0.218. The van der Waals surface area contributed by atoms with Crippen molar-refractivity contribution in [3.8, 4) is 0 Å². The second kappa shape index (κ2) is 6.13. The number of benzene rings is 1. The normalized spacial score (nSPS) is 18.3. The van der Waals surface area contributed by atoms with Crippen LogP contribution in [0.4, 0.5) is 5.69 Å². The summed E-state index contributed by atoms with van der Waals surface area (Å²) >= 11 is 1.40. The highest BCUT2D eigenvalue weighted by Gasteiger charge is 2.33. The van der Waals surface area contributed by atoms with Crippen molar-refractivity contribution in [1.82, 2.24) is 10.2 Å². The fourth-order valence-corrected chi connectivity index (χ4v) is 2.63. The molecule has 1 N–H and O–H groups in total. The highest BCUT2D eigenvalue weighted by atomic mass is 32.2. The molecule has 1 aromatic carbocycles. The summed E-state index contributed by atoms with van der Waals surface area (Å²) < 4.78 is 0. The molecule has 1 atom stereocenters. The van der Waals surface area contributed by atoms with Crippen LogP contribution in [0.15, 0.2) is 23.1 Å². The van der Waals surface area contributed by atoms with Crippen LogP contribution in [0.2, 0.25) is 0 Å². The monoisotopic (exact) mass is 309 g/mol. The molecule has 0 radical (unpaired) electrons. The van der Waals surface area contributed by atoms with Gasteiger partial charge in [0.1, 0.15) is 11.6 Å². The number of nitro benzene ring substituents is 1. The van der Waals surface area contributed by atoms with Gasteiger partial charge in [-0.05, 0) is 25.3 Å². The first-order chi connectivity index (χ1) is 9.95. The molecule has 1 unspecified atom stereocenters. The van der Waals surface area contributed by atoms with Gasteiger partial charge >= 0.3 is 0 Å². The zero-order valence-corrected chi connectivity index (χ0v) is 12.5. The molecule has 2 amide bonds. The fourth-order valence-electron chi connectivity index (χ4n) is 2.19. The predicted octanol–water partition coefficient (Wildman–Crippen LogP) is 1.28. The second-order valence-corrected chi connectivity index (χ2v) is 5.49. The number of thioether (sulfide) groups is 1. The molecule has 1 saturated heterocycles. The van der Waals surface area contributed by atoms with E-state index in [1.165, 1.54) is 28.8 Å². The van der Waals surface area contributed by atoms with Gasteiger partial charge in [-0.1, -0.05) is 0 Å². The number of amides is 2. The molecule has 7 nitrogen and oxygen atoms in total. The van der Waals surface area contributed by atoms with Crippen LogP contribution in [0.5, 0.6) is 0 Å². The first kappa shape index (κ1) is 15.3. The topological polar surface area (TPSA) is 92.6 Å². The Balaban J connectivity index is 2.41. The number of hydrogen-bond donors (Lipinski definition) is 1. The smallest absolute Gasteiger partial charge is 0.282 e. The largest absolute Gasteiger partial charge is 0.353 e. The van der Waals surface area contributed by atoms with E-state index in [2.05, 4.69) is 5.32 Å². The Morgan fingerprint density at radius 1 is 1.52 bits per heavy atom. The van der Waals surface area contributed by atoms with Crippen LogP contribution in [0.1, 0.15) is 17.3 Å². The van der Waals surface area contributed by atoms with Gasteiger partial charge in [0.05, 0.1) is 4.92 Å². The molecule has 112 valence electrons. The van der Waals surface area contributed by atoms with Crippen LogP contribution in [0.3, 0.4) is 0 Å². The van der Waals surface area contributed by atoms with E-state index in [4.69, 9.17) is 0 Å². The van der Waals surface area contributed by atoms with Crippen molar-refractivity contribution in [3.05, 3.63) is 33.9 Å². The van der Waals surface area contributed by atoms with Crippen LogP contribution in [-0.4, -0.2) is 47.0 Å². The van der Waals surface area contributed by atoms with Gasteiger partial charge in [-0.3, -0.25) is 19.7 Å². The van der Waals surface area contributed by atoms with E-state index in [0.29, 0.717) is 13.1 Å². The number of piperazine rings is 1. The van der Waals surface area contributed by atoms with Gasteiger partial charge in [0.15, 0.2) is 0 Å². The number of carbonyl (C=O) groups is 2. The molecule has 1 fully saturated rings. The van der Waals surface area contributed by atoms with E-state index >= 15 is 0 Å². The van der Waals surface area contributed by atoms with Crippen LogP contribution < -0.4 is 5.32 Å². The minimum Gasteiger partial charge on any atom is -0.353 e. The molecule has 1 heterocycles. The zero-order chi connectivity index (χ0) is 15.6. The lowest BCUT2D eigenvalue weighted by molar-refractivity contribution is -0.385. The number of rotatable bonds is 3. The molecule has 1 aromatic rings. The minimum absolute atomic E-state index is 0.0217. The molecule has 0 bridgehead atoms. The van der Waals surface area contributed by atoms with Crippen LogP contribution in [0, 0.1) is 10.1 Å². The quantitative estimate of drug-likeness (QED) is 0.516. The maximum Gasteiger partial charge on any atom is 0.282 e. The summed E-state index contributed by atoms with van der Waals surface area (Å²) in [6.45, 7) is 2.30. The van der Waals surface area contributed by atoms with Gasteiger partial charge < -0.3 is 10.2 Å². The molecule has 0 aliphatic carbocycles. The first-order valence-electron chi connectivity index (χ1n) is 6.37. The van der Waals surface area contributed by atoms with Crippen molar-refractivity contribution in [2.45, 2.75) is 17.9 Å². The van der Waals surface area contributed by atoms with Crippen LogP contribution in [0.25, 0.3) is 0 Å². The SMILES string of the molecule is CSc1ccc([N+](=O)[O-])c(C(=O)N2CCNC(=O)C2C)c1. The van der Waals surface area contributed by atoms with Gasteiger partial charge in [0, 0.05) is 24.1 Å². The number of carbonyl (C=O) groups excluding carboxylic acids is 2. The number of nitrogens with zero attached hydrogens (tertiary/aromatic N) is 2. The second-order valence-electron chi connectivity index (χ2n) is 4.61. The Kier molecular flexibility index (Phi) is 4.46. The van der Waals surface area contributed by atoms with Crippen molar-refractivity contribution in [3.63, 3.8) is 0 Å². The summed E-state index contributed by atoms with van der Waals surface area (Å²) in [4.78, 5) is 36.9. The van der Waals surface area contributed by atoms with Crippen molar-refractivity contribution < 1.29 is 14.5 Å². The van der Waals surface area contributed by atoms with Gasteiger partial charge in [-0.15, -0.1) is 11.8 Å². The lowest BCUT2D eigenvalue weighted by atomic mass is 10.1. The first-order valence-corrected chi connectivity index (χ1v) is 7.59. The molecule has 8 heteroatoms. The fraction of sp³-hybridized carbons (Fsp3) is 0.385. The maximum absolute atomic E-state index is 12.6. The van der Waals surface area contributed by atoms with E-state index < -0.39 is 16.9 Å². The molecule has 0 saturated carbocycles. The van der Waals surface area contributed by atoms with Gasteiger partial charge in [-0.2, -0.15) is 0 Å². The van der Waals surface area contributed by atoms with Crippen LogP contribution >= 0.6 is 11.8 Å². The summed E-state index contributed by atoms with van der Waals surface area (Å²) in [7, 11) is 0. The third-order valence-corrected chi connectivity index (χ3v) is 4.12. The van der Waals surface area contributed by atoms with E-state index in [0.717, 1.165) is 4.90 Å². The van der Waals surface area contributed by atoms with Crippen molar-refractivity contribution in [2.75, 3.05) is 19.3 Å². The van der Waals surface area contributed by atoms with Gasteiger partial charge in [0.2, 0.25) is 5.91 Å². The Morgan fingerprint density at radius 3 is 2.86 bits per heavy atom. The van der Waals surface area contributed by atoms with Crippen LogP contribution in [-0.2, 0) is 4.79 Å². The third-order valence-electron chi connectivity index (χ3n) is 3.39. The highest BCUT2D eigenvalue weighted by molar-refractivity contribution is 7.98. The predicted molar refractivity (Wildman–Crippen MR) is 78.4 cm³/mol. The molecule has 0 spiro atoms. The molecule has 1 aliphatic heterocycles. The summed E-state index contributed by atoms with van der Waals surface area (Å²) in [5.74, 6) is -0.738. The van der Waals surface area contributed by atoms with E-state index in [1.54, 1.807) is 13.0 Å². The number of hydrogen-bond acceptors (Lipinski definition) is 5. The molecular formula is C13H15N3O4S. The molecule has 0 aromatic heterocycles. The molecule has 2 rings (SSSR count). The molecule has 21 heavy (non-hydrogen) atoms. The number of nitro groups is 1. The minimum atomic E-state index is -0.635. The van der Waals surface area contributed by atoms with Crippen molar-refractivity contribution in [2.24, 2.45) is 0 Å². The Hall–Kier alpha value is -2.09. The summed E-state index contributed by atoms with van der Waals surface area (Å²) in [6.07, 6.45) is 1.83. The summed E-state index contributed by atoms with van der Waals surface area (Å²) in [5, 5.41) is 13.8. The Morgan fingerprint density at radius 2 is 2.24 bits per heavy atom. The maximum atomic E-state index is 12.6. The van der Waals surface area contributed by atoms with E-state index in [1.807, 2.05) is 6.26 Å². The molecular weight excluding hydrogens is 294 g/mol. The highest BCUT2D eigenvalue weighted by Crippen LogP contribution is 2.26. The van der Waals surface area contributed by atoms with E-state index in [-0.39, 0.29) is 17.2 Å². The average molecular weight is 309 g/mol. The van der Waals surface area contributed by atoms with Crippen molar-refractivity contribution in [1.29, 1.82) is 0 Å². The van der Waals surface area contributed by atoms with Gasteiger partial charge in [-0.25, -0.2) is 0 Å².